The minimum absolute atomic E-state index is 0.0337. The molecule has 1 atom stereocenters. The second kappa shape index (κ2) is 6.51. The van der Waals surface area contributed by atoms with E-state index in [1.165, 1.54) is 11.3 Å². The van der Waals surface area contributed by atoms with Gasteiger partial charge in [-0.2, -0.15) is 0 Å². The van der Waals surface area contributed by atoms with Gasteiger partial charge in [-0.25, -0.2) is 4.79 Å². The van der Waals surface area contributed by atoms with Crippen LogP contribution in [0.5, 0.6) is 0 Å². The Morgan fingerprint density at radius 2 is 2.04 bits per heavy atom. The molecule has 132 valence electrons. The highest BCUT2D eigenvalue weighted by atomic mass is 32.1. The average Bonchev–Trinajstić information content (AvgIpc) is 3.30. The Hall–Kier alpha value is -2.35. The molecule has 0 aliphatic carbocycles. The molecule has 4 heterocycles. The second-order valence-corrected chi connectivity index (χ2v) is 7.48. The topological polar surface area (TPSA) is 81.8 Å². The number of likely N-dealkylation sites (tertiary alicyclic amines) is 1. The van der Waals surface area contributed by atoms with E-state index in [1.807, 2.05) is 22.4 Å². The Balaban J connectivity index is 1.42. The van der Waals surface area contributed by atoms with E-state index in [0.29, 0.717) is 37.3 Å². The predicted molar refractivity (Wildman–Crippen MR) is 92.8 cm³/mol. The highest BCUT2D eigenvalue weighted by Crippen LogP contribution is 2.34. The summed E-state index contributed by atoms with van der Waals surface area (Å²) in [5, 5.41) is 7.56. The van der Waals surface area contributed by atoms with Crippen molar-refractivity contribution in [1.29, 1.82) is 0 Å². The summed E-state index contributed by atoms with van der Waals surface area (Å²) in [5.41, 5.74) is 1.34. The molecule has 2 N–H and O–H groups in total. The molecular weight excluding hydrogens is 340 g/mol. The summed E-state index contributed by atoms with van der Waals surface area (Å²) in [6.07, 6.45) is 2.32. The van der Waals surface area contributed by atoms with Crippen molar-refractivity contribution in [3.8, 4) is 0 Å². The molecule has 0 saturated carbocycles. The molecule has 0 spiro atoms. The van der Waals surface area contributed by atoms with Crippen LogP contribution in [-0.2, 0) is 9.59 Å². The Labute approximate surface area is 149 Å². The number of urea groups is 1. The number of amides is 4. The number of carbonyl (C=O) groups excluding carboxylic acids is 3. The van der Waals surface area contributed by atoms with Crippen LogP contribution in [0.3, 0.4) is 0 Å². The third-order valence-electron chi connectivity index (χ3n) is 4.88. The first-order valence-corrected chi connectivity index (χ1v) is 9.42. The summed E-state index contributed by atoms with van der Waals surface area (Å²) in [6.45, 7) is 2.52. The summed E-state index contributed by atoms with van der Waals surface area (Å²) < 4.78 is 0. The van der Waals surface area contributed by atoms with Crippen molar-refractivity contribution in [1.82, 2.24) is 20.4 Å². The standard InChI is InChI=1S/C17H20N4O3S/c22-13-5-1-6-20(13)7-3-8-21-10-11-14(16(21)23)15(19-17(24)18-11)12-4-2-9-25-12/h2,4,9,15H,1,3,5-8,10H2,(H2,18,19,24)/t15-/m1/s1. The first kappa shape index (κ1) is 16.1. The van der Waals surface area contributed by atoms with Gasteiger partial charge in [-0.3, -0.25) is 9.59 Å². The maximum absolute atomic E-state index is 12.8. The first-order valence-electron chi connectivity index (χ1n) is 8.54. The average molecular weight is 360 g/mol. The van der Waals surface area contributed by atoms with Gasteiger partial charge in [-0.1, -0.05) is 6.07 Å². The van der Waals surface area contributed by atoms with Crippen molar-refractivity contribution in [3.05, 3.63) is 33.7 Å². The van der Waals surface area contributed by atoms with E-state index < -0.39 is 0 Å². The van der Waals surface area contributed by atoms with Gasteiger partial charge in [0.15, 0.2) is 0 Å². The molecule has 3 aliphatic rings. The maximum atomic E-state index is 12.8. The smallest absolute Gasteiger partial charge is 0.319 e. The van der Waals surface area contributed by atoms with Crippen LogP contribution in [0.15, 0.2) is 28.8 Å². The quantitative estimate of drug-likeness (QED) is 0.828. The van der Waals surface area contributed by atoms with Gasteiger partial charge in [0.1, 0.15) is 0 Å². The molecule has 0 unspecified atom stereocenters. The Bertz CT molecular complexity index is 743. The van der Waals surface area contributed by atoms with E-state index in [9.17, 15) is 14.4 Å². The van der Waals surface area contributed by atoms with Gasteiger partial charge in [-0.05, 0) is 24.3 Å². The molecule has 1 saturated heterocycles. The maximum Gasteiger partial charge on any atom is 0.319 e. The van der Waals surface area contributed by atoms with Crippen LogP contribution in [0.1, 0.15) is 30.2 Å². The van der Waals surface area contributed by atoms with Gasteiger partial charge in [-0.15, -0.1) is 11.3 Å². The number of hydrogen-bond acceptors (Lipinski definition) is 4. The monoisotopic (exact) mass is 360 g/mol. The molecular formula is C17H20N4O3S. The molecule has 25 heavy (non-hydrogen) atoms. The lowest BCUT2D eigenvalue weighted by molar-refractivity contribution is -0.127. The highest BCUT2D eigenvalue weighted by Gasteiger charge is 2.40. The Kier molecular flexibility index (Phi) is 4.20. The fourth-order valence-electron chi connectivity index (χ4n) is 3.67. The summed E-state index contributed by atoms with van der Waals surface area (Å²) in [7, 11) is 0. The lowest BCUT2D eigenvalue weighted by Crippen LogP contribution is -2.44. The number of nitrogens with one attached hydrogen (secondary N) is 2. The Morgan fingerprint density at radius 3 is 2.76 bits per heavy atom. The summed E-state index contributed by atoms with van der Waals surface area (Å²) in [4.78, 5) is 41.0. The number of thiophene rings is 1. The zero-order valence-electron chi connectivity index (χ0n) is 13.8. The zero-order chi connectivity index (χ0) is 17.4. The first-order chi connectivity index (χ1) is 12.1. The van der Waals surface area contributed by atoms with Crippen molar-refractivity contribution in [2.45, 2.75) is 25.3 Å². The molecule has 0 aromatic carbocycles. The summed E-state index contributed by atoms with van der Waals surface area (Å²) in [6, 6.07) is 3.20. The van der Waals surface area contributed by atoms with Crippen LogP contribution < -0.4 is 10.6 Å². The van der Waals surface area contributed by atoms with E-state index in [2.05, 4.69) is 10.6 Å². The van der Waals surface area contributed by atoms with Crippen LogP contribution in [0, 0.1) is 0 Å². The predicted octanol–water partition coefficient (Wildman–Crippen LogP) is 1.21. The van der Waals surface area contributed by atoms with Crippen LogP contribution in [0.4, 0.5) is 4.79 Å². The van der Waals surface area contributed by atoms with Crippen molar-refractivity contribution >= 4 is 29.2 Å². The fourth-order valence-corrected chi connectivity index (χ4v) is 4.45. The van der Waals surface area contributed by atoms with Gasteiger partial charge >= 0.3 is 6.03 Å². The third kappa shape index (κ3) is 3.02. The largest absolute Gasteiger partial charge is 0.343 e. The van der Waals surface area contributed by atoms with Gasteiger partial charge < -0.3 is 20.4 Å². The van der Waals surface area contributed by atoms with Crippen molar-refractivity contribution in [3.63, 3.8) is 0 Å². The number of nitrogens with zero attached hydrogens (tertiary/aromatic N) is 2. The molecule has 3 aliphatic heterocycles. The zero-order valence-corrected chi connectivity index (χ0v) is 14.6. The minimum Gasteiger partial charge on any atom is -0.343 e. The number of hydrogen-bond donors (Lipinski definition) is 2. The van der Waals surface area contributed by atoms with Gasteiger partial charge in [0.2, 0.25) is 5.91 Å². The fraction of sp³-hybridized carbons (Fsp3) is 0.471. The normalized spacial score (nSPS) is 23.2. The van der Waals surface area contributed by atoms with Crippen LogP contribution >= 0.6 is 11.3 Å². The molecule has 0 bridgehead atoms. The third-order valence-corrected chi connectivity index (χ3v) is 5.81. The highest BCUT2D eigenvalue weighted by molar-refractivity contribution is 7.10. The number of carbonyl (C=O) groups is 3. The molecule has 1 aromatic heterocycles. The number of rotatable bonds is 5. The Morgan fingerprint density at radius 1 is 1.20 bits per heavy atom. The van der Waals surface area contributed by atoms with Crippen molar-refractivity contribution < 1.29 is 14.4 Å². The molecule has 4 amide bonds. The van der Waals surface area contributed by atoms with Gasteiger partial charge in [0.25, 0.3) is 5.91 Å². The van der Waals surface area contributed by atoms with Crippen LogP contribution in [-0.4, -0.2) is 53.8 Å². The molecule has 4 rings (SSSR count). The van der Waals surface area contributed by atoms with E-state index in [1.54, 1.807) is 4.90 Å². The van der Waals surface area contributed by atoms with Crippen LogP contribution in [0.25, 0.3) is 0 Å². The molecule has 8 heteroatoms. The lowest BCUT2D eigenvalue weighted by Gasteiger charge is -2.24. The molecule has 0 radical (unpaired) electrons. The van der Waals surface area contributed by atoms with E-state index in [4.69, 9.17) is 0 Å². The summed E-state index contributed by atoms with van der Waals surface area (Å²) >= 11 is 1.53. The second-order valence-electron chi connectivity index (χ2n) is 6.50. The van der Waals surface area contributed by atoms with Crippen molar-refractivity contribution in [2.75, 3.05) is 26.2 Å². The van der Waals surface area contributed by atoms with E-state index >= 15 is 0 Å². The van der Waals surface area contributed by atoms with E-state index in [-0.39, 0.29) is 23.9 Å². The molecule has 7 nitrogen and oxygen atoms in total. The molecule has 1 aromatic rings. The summed E-state index contributed by atoms with van der Waals surface area (Å²) in [5.74, 6) is 0.174. The van der Waals surface area contributed by atoms with E-state index in [0.717, 1.165) is 24.3 Å². The van der Waals surface area contributed by atoms with Crippen molar-refractivity contribution in [2.24, 2.45) is 0 Å². The SMILES string of the molecule is O=C1NC2=C(C(=O)N(CCCN3CCCC3=O)C2)[C@@H](c2cccs2)N1. The molecule has 1 fully saturated rings. The minimum atomic E-state index is -0.374. The van der Waals surface area contributed by atoms with Gasteiger partial charge in [0, 0.05) is 30.9 Å². The van der Waals surface area contributed by atoms with Crippen LogP contribution in [0.2, 0.25) is 0 Å². The van der Waals surface area contributed by atoms with Gasteiger partial charge in [0.05, 0.1) is 23.9 Å². The lowest BCUT2D eigenvalue weighted by atomic mass is 10.0.